The minimum atomic E-state index is -1.33. The molecule has 5 rings (SSSR count). The van der Waals surface area contributed by atoms with Gasteiger partial charge in [0.1, 0.15) is 11.9 Å². The van der Waals surface area contributed by atoms with E-state index in [4.69, 9.17) is 14.3 Å². The summed E-state index contributed by atoms with van der Waals surface area (Å²) in [6.07, 6.45) is 0.654. The van der Waals surface area contributed by atoms with Gasteiger partial charge in [-0.05, 0) is 90.5 Å². The summed E-state index contributed by atoms with van der Waals surface area (Å²) >= 11 is 1.91. The number of rotatable bonds is 19. The number of ether oxygens (including phenoxy) is 2. The highest BCUT2D eigenvalue weighted by molar-refractivity contribution is 14.1. The number of hydrogen-bond donors (Lipinski definition) is 5. The fourth-order valence-corrected chi connectivity index (χ4v) is 5.92. The number of halogens is 4. The quantitative estimate of drug-likeness (QED) is 0.0516. The predicted molar refractivity (Wildman–Crippen MR) is 193 cm³/mol. The highest BCUT2D eigenvalue weighted by Gasteiger charge is 2.44. The largest absolute Gasteiger partial charge is 0.383 e. The molecule has 0 aromatic heterocycles. The van der Waals surface area contributed by atoms with E-state index in [-0.39, 0.29) is 41.8 Å². The van der Waals surface area contributed by atoms with E-state index in [1.807, 2.05) is 22.6 Å². The Morgan fingerprint density at radius 1 is 0.849 bits per heavy atom. The predicted octanol–water partition coefficient (Wildman–Crippen LogP) is 3.64. The lowest BCUT2D eigenvalue weighted by molar-refractivity contribution is -0.136. The smallest absolute Gasteiger partial charge is 0.277 e. The average Bonchev–Trinajstić information content (AvgIpc) is 3.37. The Labute approximate surface area is 315 Å². The Morgan fingerprint density at radius 3 is 2.36 bits per heavy atom. The maximum atomic E-state index is 14.6. The Kier molecular flexibility index (Phi) is 14.1. The van der Waals surface area contributed by atoms with Crippen LogP contribution in [0.25, 0.3) is 0 Å². The van der Waals surface area contributed by atoms with Gasteiger partial charge in [0.05, 0.1) is 61.1 Å². The first-order chi connectivity index (χ1) is 25.5. The number of hydroxylamine groups is 1. The van der Waals surface area contributed by atoms with E-state index in [0.29, 0.717) is 61.7 Å². The third-order valence-electron chi connectivity index (χ3n) is 8.11. The van der Waals surface area contributed by atoms with Crippen molar-refractivity contribution in [2.45, 2.75) is 25.3 Å². The van der Waals surface area contributed by atoms with Gasteiger partial charge in [-0.3, -0.25) is 39.0 Å². The topological polar surface area (TPSA) is 176 Å². The fourth-order valence-electron chi connectivity index (χ4n) is 5.47. The SMILES string of the molecule is O=C1CCC(N2C(=O)c3ccc(NCCOCCOCCNCCCONC(=O)c4ccc(F)c(F)c4Nc4ccc(I)cc4F)cc3C2=O)C(=O)N1. The monoisotopic (exact) mass is 852 g/mol. The van der Waals surface area contributed by atoms with Crippen LogP contribution in [0, 0.1) is 21.0 Å². The van der Waals surface area contributed by atoms with Gasteiger partial charge in [-0.25, -0.2) is 18.7 Å². The van der Waals surface area contributed by atoms with Gasteiger partial charge in [0.15, 0.2) is 11.6 Å². The van der Waals surface area contributed by atoms with Gasteiger partial charge in [-0.2, -0.15) is 0 Å². The zero-order chi connectivity index (χ0) is 37.9. The van der Waals surface area contributed by atoms with Crippen molar-refractivity contribution in [1.82, 2.24) is 21.0 Å². The van der Waals surface area contributed by atoms with E-state index in [1.54, 1.807) is 18.2 Å². The molecule has 3 aromatic carbocycles. The van der Waals surface area contributed by atoms with Crippen LogP contribution >= 0.6 is 22.6 Å². The fraction of sp³-hybridized carbons (Fsp3) is 0.343. The third-order valence-corrected chi connectivity index (χ3v) is 8.78. The first-order valence-corrected chi connectivity index (χ1v) is 17.7. The lowest BCUT2D eigenvalue weighted by Gasteiger charge is -2.27. The highest BCUT2D eigenvalue weighted by atomic mass is 127. The van der Waals surface area contributed by atoms with Gasteiger partial charge in [0.2, 0.25) is 11.8 Å². The summed E-state index contributed by atoms with van der Waals surface area (Å²) < 4.78 is 54.5. The summed E-state index contributed by atoms with van der Waals surface area (Å²) in [6, 6.07) is 9.73. The van der Waals surface area contributed by atoms with E-state index in [2.05, 4.69) is 26.7 Å². The second-order valence-electron chi connectivity index (χ2n) is 11.8. The van der Waals surface area contributed by atoms with Crippen LogP contribution in [0.2, 0.25) is 0 Å². The van der Waals surface area contributed by atoms with E-state index < -0.39 is 58.7 Å². The number of carbonyl (C=O) groups is 5. The van der Waals surface area contributed by atoms with Crippen molar-refractivity contribution in [2.24, 2.45) is 0 Å². The summed E-state index contributed by atoms with van der Waals surface area (Å²) in [4.78, 5) is 68.2. The minimum Gasteiger partial charge on any atom is -0.383 e. The molecular weight excluding hydrogens is 816 g/mol. The standard InChI is InChI=1S/C35H36F3IN6O8/c36-25-6-5-23(31(30(25)38)42-27-7-2-20(39)18-26(27)37)32(47)44-53-13-1-10-40-11-14-51-16-17-52-15-12-41-21-3-4-22-24(19-21)35(50)45(34(22)49)28-8-9-29(46)43-33(28)48/h2-7,18-19,28,40-42H,1,8-17H2,(H,44,47)(H,43,46,48). The summed E-state index contributed by atoms with van der Waals surface area (Å²) in [5, 5.41) is 10.9. The molecule has 0 aliphatic carbocycles. The maximum Gasteiger partial charge on any atom is 0.277 e. The molecule has 0 bridgehead atoms. The molecule has 14 nitrogen and oxygen atoms in total. The van der Waals surface area contributed by atoms with Crippen molar-refractivity contribution >= 4 is 69.2 Å². The summed E-state index contributed by atoms with van der Waals surface area (Å²) in [7, 11) is 0. The molecule has 1 saturated heterocycles. The first-order valence-electron chi connectivity index (χ1n) is 16.6. The van der Waals surface area contributed by atoms with Crippen LogP contribution in [0.5, 0.6) is 0 Å². The molecule has 282 valence electrons. The molecule has 5 amide bonds. The summed E-state index contributed by atoms with van der Waals surface area (Å²) in [5.41, 5.74) is 2.27. The van der Waals surface area contributed by atoms with Gasteiger partial charge < -0.3 is 25.4 Å². The number of nitrogens with zero attached hydrogens (tertiary/aromatic N) is 1. The Hall–Kier alpha value is -4.63. The van der Waals surface area contributed by atoms with E-state index >= 15 is 0 Å². The molecule has 2 heterocycles. The molecule has 1 unspecified atom stereocenters. The lowest BCUT2D eigenvalue weighted by Crippen LogP contribution is -2.54. The van der Waals surface area contributed by atoms with Crippen LogP contribution in [0.3, 0.4) is 0 Å². The Bertz CT molecular complexity index is 1870. The van der Waals surface area contributed by atoms with Crippen LogP contribution in [-0.2, 0) is 23.9 Å². The van der Waals surface area contributed by atoms with Crippen molar-refractivity contribution in [3.05, 3.63) is 86.2 Å². The molecule has 5 N–H and O–H groups in total. The number of benzene rings is 3. The molecule has 1 atom stereocenters. The molecule has 3 aromatic rings. The van der Waals surface area contributed by atoms with Crippen molar-refractivity contribution in [3.63, 3.8) is 0 Å². The lowest BCUT2D eigenvalue weighted by atomic mass is 10.0. The minimum absolute atomic E-state index is 0.0508. The number of amides is 5. The second-order valence-corrected chi connectivity index (χ2v) is 13.0. The molecule has 18 heteroatoms. The molecule has 1 fully saturated rings. The van der Waals surface area contributed by atoms with E-state index in [1.165, 1.54) is 18.2 Å². The second kappa shape index (κ2) is 18.9. The molecular formula is C35H36F3IN6O8. The van der Waals surface area contributed by atoms with Gasteiger partial charge in [-0.1, -0.05) is 0 Å². The van der Waals surface area contributed by atoms with Crippen LogP contribution in [0.1, 0.15) is 50.3 Å². The number of piperidine rings is 1. The van der Waals surface area contributed by atoms with E-state index in [9.17, 15) is 37.1 Å². The van der Waals surface area contributed by atoms with Crippen molar-refractivity contribution < 1.29 is 51.5 Å². The number of anilines is 3. The number of imide groups is 2. The average molecular weight is 853 g/mol. The number of fused-ring (bicyclic) bond motifs is 1. The van der Waals surface area contributed by atoms with Gasteiger partial charge >= 0.3 is 0 Å². The molecule has 2 aliphatic heterocycles. The number of carbonyl (C=O) groups excluding carboxylic acids is 5. The molecule has 0 saturated carbocycles. The van der Waals surface area contributed by atoms with Crippen molar-refractivity contribution in [1.29, 1.82) is 0 Å². The van der Waals surface area contributed by atoms with E-state index in [0.717, 1.165) is 17.0 Å². The number of nitrogens with one attached hydrogen (secondary N) is 5. The van der Waals surface area contributed by atoms with Crippen LogP contribution in [0.4, 0.5) is 30.2 Å². The van der Waals surface area contributed by atoms with Crippen LogP contribution in [0.15, 0.2) is 48.5 Å². The molecule has 0 spiro atoms. The maximum absolute atomic E-state index is 14.6. The summed E-state index contributed by atoms with van der Waals surface area (Å²) in [6.45, 7) is 3.12. The zero-order valence-electron chi connectivity index (χ0n) is 28.2. The molecule has 0 radical (unpaired) electrons. The van der Waals surface area contributed by atoms with Crippen molar-refractivity contribution in [3.8, 4) is 0 Å². The van der Waals surface area contributed by atoms with Gasteiger partial charge in [0, 0.05) is 28.8 Å². The normalized spacial score (nSPS) is 15.4. The molecule has 53 heavy (non-hydrogen) atoms. The first kappa shape index (κ1) is 39.6. The number of hydrogen-bond acceptors (Lipinski definition) is 11. The summed E-state index contributed by atoms with van der Waals surface area (Å²) in [5.74, 6) is -6.31. The van der Waals surface area contributed by atoms with Crippen molar-refractivity contribution in [2.75, 3.05) is 63.3 Å². The molecule has 2 aliphatic rings. The van der Waals surface area contributed by atoms with Gasteiger partial charge in [0.25, 0.3) is 17.7 Å². The Balaban J connectivity index is 0.893. The third kappa shape index (κ3) is 10.3. The van der Waals surface area contributed by atoms with Gasteiger partial charge in [-0.15, -0.1) is 0 Å². The van der Waals surface area contributed by atoms with Crippen LogP contribution < -0.4 is 26.7 Å². The van der Waals surface area contributed by atoms with Crippen LogP contribution in [-0.4, -0.2) is 93.1 Å². The Morgan fingerprint density at radius 2 is 1.60 bits per heavy atom. The highest BCUT2D eigenvalue weighted by Crippen LogP contribution is 2.30. The zero-order valence-corrected chi connectivity index (χ0v) is 30.4.